The Kier molecular flexibility index (Phi) is 2.82. The molecule has 0 spiro atoms. The molecule has 2 N–H and O–H groups in total. The molecule has 1 aromatic carbocycles. The van der Waals surface area contributed by atoms with E-state index < -0.39 is 0 Å². The lowest BCUT2D eigenvalue weighted by Crippen LogP contribution is -2.00. The van der Waals surface area contributed by atoms with Crippen molar-refractivity contribution in [1.82, 2.24) is 0 Å². The van der Waals surface area contributed by atoms with Crippen LogP contribution < -0.4 is 5.90 Å². The second-order valence-electron chi connectivity index (χ2n) is 2.05. The summed E-state index contributed by atoms with van der Waals surface area (Å²) in [6.07, 6.45) is 0. The Bertz CT molecular complexity index is 254. The topological polar surface area (TPSA) is 35.2 Å². The van der Waals surface area contributed by atoms with E-state index in [-0.39, 0.29) is 12.4 Å². The Morgan fingerprint density at radius 2 is 2.27 bits per heavy atom. The van der Waals surface area contributed by atoms with Gasteiger partial charge in [-0.3, -0.25) is 4.84 Å². The van der Waals surface area contributed by atoms with Gasteiger partial charge >= 0.3 is 0 Å². The minimum Gasteiger partial charge on any atom is -0.300 e. The molecule has 0 amide bonds. The molecule has 0 heterocycles. The van der Waals surface area contributed by atoms with Crippen LogP contribution in [-0.2, 0) is 11.4 Å². The third-order valence-electron chi connectivity index (χ3n) is 1.25. The molecule has 0 aliphatic rings. The molecule has 0 aliphatic carbocycles. The maximum Gasteiger partial charge on any atom is 0.128 e. The molecule has 1 aromatic rings. The molecule has 0 aromatic heterocycles. The van der Waals surface area contributed by atoms with E-state index in [1.165, 1.54) is 18.2 Å². The molecule has 2 nitrogen and oxygen atoms in total. The van der Waals surface area contributed by atoms with Gasteiger partial charge in [0.15, 0.2) is 0 Å². The van der Waals surface area contributed by atoms with Crippen LogP contribution >= 0.6 is 11.6 Å². The minimum absolute atomic E-state index is 0.0341. The van der Waals surface area contributed by atoms with Gasteiger partial charge in [0.1, 0.15) is 5.82 Å². The second kappa shape index (κ2) is 3.67. The van der Waals surface area contributed by atoms with Crippen molar-refractivity contribution >= 4 is 11.6 Å². The lowest BCUT2D eigenvalue weighted by Gasteiger charge is -2.00. The highest BCUT2D eigenvalue weighted by atomic mass is 35.5. The molecule has 4 heteroatoms. The summed E-state index contributed by atoms with van der Waals surface area (Å²) in [4.78, 5) is 4.27. The summed E-state index contributed by atoms with van der Waals surface area (Å²) >= 11 is 5.59. The van der Waals surface area contributed by atoms with Gasteiger partial charge in [0, 0.05) is 10.6 Å². The van der Waals surface area contributed by atoms with E-state index in [9.17, 15) is 4.39 Å². The normalized spacial score (nSPS) is 10.1. The summed E-state index contributed by atoms with van der Waals surface area (Å²) in [7, 11) is 0. The Labute approximate surface area is 68.7 Å². The maximum absolute atomic E-state index is 12.8. The Hall–Kier alpha value is -0.640. The van der Waals surface area contributed by atoms with E-state index in [1.807, 2.05) is 0 Å². The van der Waals surface area contributed by atoms with Gasteiger partial charge < -0.3 is 0 Å². The summed E-state index contributed by atoms with van der Waals surface area (Å²) in [5.41, 5.74) is 0.361. The van der Waals surface area contributed by atoms with E-state index in [1.54, 1.807) is 0 Å². The van der Waals surface area contributed by atoms with Crippen molar-refractivity contribution in [3.05, 3.63) is 34.6 Å². The summed E-state index contributed by atoms with van der Waals surface area (Å²) in [6.45, 7) is 0.0341. The molecule has 0 atom stereocenters. The highest BCUT2D eigenvalue weighted by Gasteiger charge is 2.01. The van der Waals surface area contributed by atoms with E-state index in [2.05, 4.69) is 4.84 Å². The van der Waals surface area contributed by atoms with Gasteiger partial charge in [-0.2, -0.15) is 0 Å². The van der Waals surface area contributed by atoms with Crippen molar-refractivity contribution in [3.8, 4) is 0 Å². The van der Waals surface area contributed by atoms with Gasteiger partial charge in [0.05, 0.1) is 6.61 Å². The number of hydrogen-bond acceptors (Lipinski definition) is 2. The van der Waals surface area contributed by atoms with Crippen molar-refractivity contribution in [1.29, 1.82) is 0 Å². The van der Waals surface area contributed by atoms with Gasteiger partial charge in [0.2, 0.25) is 0 Å². The smallest absolute Gasteiger partial charge is 0.128 e. The lowest BCUT2D eigenvalue weighted by atomic mass is 10.2. The number of rotatable bonds is 2. The van der Waals surface area contributed by atoms with Crippen molar-refractivity contribution in [2.24, 2.45) is 5.90 Å². The van der Waals surface area contributed by atoms with Crippen molar-refractivity contribution < 1.29 is 9.23 Å². The van der Waals surface area contributed by atoms with E-state index in [4.69, 9.17) is 17.5 Å². The van der Waals surface area contributed by atoms with Gasteiger partial charge in [-0.1, -0.05) is 11.6 Å². The molecule has 0 fully saturated rings. The Morgan fingerprint density at radius 1 is 1.55 bits per heavy atom. The highest BCUT2D eigenvalue weighted by molar-refractivity contribution is 6.30. The molecule has 0 unspecified atom stereocenters. The fourth-order valence-electron chi connectivity index (χ4n) is 0.744. The standard InChI is InChI=1S/C7H7ClFNO/c8-6-1-2-7(9)5(3-6)4-11-10/h1-3H,4,10H2. The number of halogens is 2. The molecule has 60 valence electrons. The van der Waals surface area contributed by atoms with Crippen LogP contribution in [0.3, 0.4) is 0 Å². The van der Waals surface area contributed by atoms with Crippen molar-refractivity contribution in [3.63, 3.8) is 0 Å². The zero-order valence-corrected chi connectivity index (χ0v) is 6.44. The molecule has 0 bridgehead atoms. The fourth-order valence-corrected chi connectivity index (χ4v) is 0.938. The first-order valence-corrected chi connectivity index (χ1v) is 3.37. The molecule has 0 saturated carbocycles. The molecular formula is C7H7ClFNO. The zero-order chi connectivity index (χ0) is 8.27. The van der Waals surface area contributed by atoms with E-state index in [0.29, 0.717) is 10.6 Å². The van der Waals surface area contributed by atoms with Crippen LogP contribution in [0.4, 0.5) is 4.39 Å². The molecular weight excluding hydrogens is 169 g/mol. The average molecular weight is 176 g/mol. The molecule has 0 radical (unpaired) electrons. The third-order valence-corrected chi connectivity index (χ3v) is 1.48. The average Bonchev–Trinajstić information content (AvgIpc) is 1.98. The highest BCUT2D eigenvalue weighted by Crippen LogP contribution is 2.14. The number of nitrogens with two attached hydrogens (primary N) is 1. The van der Waals surface area contributed by atoms with Gasteiger partial charge in [-0.15, -0.1) is 0 Å². The van der Waals surface area contributed by atoms with Crippen LogP contribution in [0.5, 0.6) is 0 Å². The predicted molar refractivity (Wildman–Crippen MR) is 40.4 cm³/mol. The molecule has 0 saturated heterocycles. The first-order valence-electron chi connectivity index (χ1n) is 2.99. The SMILES string of the molecule is NOCc1cc(Cl)ccc1F. The maximum atomic E-state index is 12.8. The zero-order valence-electron chi connectivity index (χ0n) is 5.68. The van der Waals surface area contributed by atoms with Crippen LogP contribution in [0.2, 0.25) is 5.02 Å². The Balaban J connectivity index is 2.93. The predicted octanol–water partition coefficient (Wildman–Crippen LogP) is 1.87. The summed E-state index contributed by atoms with van der Waals surface area (Å²) < 4.78 is 12.8. The van der Waals surface area contributed by atoms with Gasteiger partial charge in [-0.05, 0) is 18.2 Å². The van der Waals surface area contributed by atoms with Gasteiger partial charge in [0.25, 0.3) is 0 Å². The quantitative estimate of drug-likeness (QED) is 0.697. The van der Waals surface area contributed by atoms with Crippen LogP contribution in [-0.4, -0.2) is 0 Å². The lowest BCUT2D eigenvalue weighted by molar-refractivity contribution is 0.121. The van der Waals surface area contributed by atoms with E-state index >= 15 is 0 Å². The van der Waals surface area contributed by atoms with Crippen LogP contribution in [0.1, 0.15) is 5.56 Å². The summed E-state index contributed by atoms with van der Waals surface area (Å²) in [5.74, 6) is 4.41. The summed E-state index contributed by atoms with van der Waals surface area (Å²) in [6, 6.07) is 4.22. The molecule has 1 rings (SSSR count). The van der Waals surface area contributed by atoms with Gasteiger partial charge in [-0.25, -0.2) is 10.3 Å². The molecule has 11 heavy (non-hydrogen) atoms. The van der Waals surface area contributed by atoms with E-state index in [0.717, 1.165) is 0 Å². The first-order chi connectivity index (χ1) is 5.24. The van der Waals surface area contributed by atoms with Crippen molar-refractivity contribution in [2.45, 2.75) is 6.61 Å². The molecule has 0 aliphatic heterocycles. The number of hydrogen-bond donors (Lipinski definition) is 1. The first kappa shape index (κ1) is 8.46. The van der Waals surface area contributed by atoms with Crippen LogP contribution in [0, 0.1) is 5.82 Å². The van der Waals surface area contributed by atoms with Crippen LogP contribution in [0.15, 0.2) is 18.2 Å². The third kappa shape index (κ3) is 2.15. The van der Waals surface area contributed by atoms with Crippen molar-refractivity contribution in [2.75, 3.05) is 0 Å². The monoisotopic (exact) mass is 175 g/mol. The second-order valence-corrected chi connectivity index (χ2v) is 2.48. The minimum atomic E-state index is -0.361. The Morgan fingerprint density at radius 3 is 2.91 bits per heavy atom. The number of benzene rings is 1. The largest absolute Gasteiger partial charge is 0.300 e. The summed E-state index contributed by atoms with van der Waals surface area (Å²) in [5, 5.41) is 0.471. The van der Waals surface area contributed by atoms with Crippen LogP contribution in [0.25, 0.3) is 0 Å². The fraction of sp³-hybridized carbons (Fsp3) is 0.143.